The lowest BCUT2D eigenvalue weighted by Gasteiger charge is -2.17. The van der Waals surface area contributed by atoms with Gasteiger partial charge in [0.1, 0.15) is 16.0 Å². The summed E-state index contributed by atoms with van der Waals surface area (Å²) >= 11 is 4.04. The molecule has 9 heteroatoms. The van der Waals surface area contributed by atoms with Crippen LogP contribution in [-0.2, 0) is 17.2 Å². The molecule has 1 aromatic heterocycles. The number of hydrogen-bond acceptors (Lipinski definition) is 3. The lowest BCUT2D eigenvalue weighted by Crippen LogP contribution is -2.19. The van der Waals surface area contributed by atoms with Gasteiger partial charge in [0.15, 0.2) is 0 Å². The molecule has 0 saturated carbocycles. The van der Waals surface area contributed by atoms with Crippen LogP contribution in [-0.4, -0.2) is 20.2 Å². The highest BCUT2D eigenvalue weighted by molar-refractivity contribution is 9.10. The van der Waals surface area contributed by atoms with Gasteiger partial charge in [0.25, 0.3) is 0 Å². The van der Waals surface area contributed by atoms with Gasteiger partial charge in [-0.15, -0.1) is 0 Å². The summed E-state index contributed by atoms with van der Waals surface area (Å²) in [5.41, 5.74) is 0.193. The minimum absolute atomic E-state index is 0.0258. The molecule has 3 nitrogen and oxygen atoms in total. The minimum Gasteiger partial charge on any atom is -0.249 e. The molecule has 1 aromatic carbocycles. The van der Waals surface area contributed by atoms with Gasteiger partial charge in [0.2, 0.25) is 0 Å². The summed E-state index contributed by atoms with van der Waals surface area (Å²) < 4.78 is 56.7. The van der Waals surface area contributed by atoms with E-state index in [0.29, 0.717) is 5.03 Å². The molecule has 0 N–H and O–H groups in total. The third-order valence-corrected chi connectivity index (χ3v) is 6.44. The molecular formula is C18H18BrF3N2OS2. The highest BCUT2D eigenvalue weighted by Gasteiger charge is 2.35. The van der Waals surface area contributed by atoms with E-state index in [9.17, 15) is 17.4 Å². The predicted octanol–water partition coefficient (Wildman–Crippen LogP) is 6.20. The van der Waals surface area contributed by atoms with Crippen LogP contribution in [0.1, 0.15) is 37.5 Å². The first-order valence-corrected chi connectivity index (χ1v) is 10.6. The van der Waals surface area contributed by atoms with Gasteiger partial charge < -0.3 is 0 Å². The minimum atomic E-state index is -4.55. The number of hydrogen-bond donors (Lipinski definition) is 0. The summed E-state index contributed by atoms with van der Waals surface area (Å²) in [5, 5.41) is 0.469. The second-order valence-corrected chi connectivity index (χ2v) is 10.5. The van der Waals surface area contributed by atoms with Crippen molar-refractivity contribution in [2.45, 2.75) is 48.5 Å². The van der Waals surface area contributed by atoms with E-state index in [0.717, 1.165) is 23.4 Å². The Hall–Kier alpha value is -1.19. The molecule has 0 spiro atoms. The van der Waals surface area contributed by atoms with E-state index in [2.05, 4.69) is 25.3 Å². The van der Waals surface area contributed by atoms with Gasteiger partial charge in [-0.1, -0.05) is 33.8 Å². The van der Waals surface area contributed by atoms with Crippen LogP contribution >= 0.6 is 27.7 Å². The quantitative estimate of drug-likeness (QED) is 0.490. The van der Waals surface area contributed by atoms with Crippen LogP contribution in [0.15, 0.2) is 49.3 Å². The fourth-order valence-corrected chi connectivity index (χ4v) is 4.02. The van der Waals surface area contributed by atoms with Crippen LogP contribution < -0.4 is 0 Å². The van der Waals surface area contributed by atoms with Crippen LogP contribution in [0.4, 0.5) is 13.2 Å². The van der Waals surface area contributed by atoms with Gasteiger partial charge in [-0.3, -0.25) is 0 Å². The van der Waals surface area contributed by atoms with Crippen molar-refractivity contribution >= 4 is 44.9 Å². The van der Waals surface area contributed by atoms with E-state index >= 15 is 0 Å². The van der Waals surface area contributed by atoms with Gasteiger partial charge in [-0.05, 0) is 51.5 Å². The van der Waals surface area contributed by atoms with Gasteiger partial charge in [-0.25, -0.2) is 9.19 Å². The van der Waals surface area contributed by atoms with Crippen LogP contribution in [0.25, 0.3) is 0 Å². The number of aromatic nitrogens is 1. The second kappa shape index (κ2) is 8.45. The lowest BCUT2D eigenvalue weighted by molar-refractivity contribution is -0.139. The molecule has 0 aliphatic heterocycles. The number of benzene rings is 1. The zero-order valence-electron chi connectivity index (χ0n) is 15.1. The van der Waals surface area contributed by atoms with E-state index in [1.54, 1.807) is 39.8 Å². The molecule has 2 rings (SSSR count). The number of nitrogens with zero attached hydrogens (tertiary/aromatic N) is 2. The summed E-state index contributed by atoms with van der Waals surface area (Å²) in [6.45, 7) is 7.02. The van der Waals surface area contributed by atoms with Crippen molar-refractivity contribution in [2.75, 3.05) is 0 Å². The molecule has 146 valence electrons. The Bertz CT molecular complexity index is 893. The van der Waals surface area contributed by atoms with Crippen LogP contribution in [0.5, 0.6) is 0 Å². The zero-order valence-corrected chi connectivity index (χ0v) is 18.3. The molecule has 1 heterocycles. The Morgan fingerprint density at radius 2 is 1.93 bits per heavy atom. The van der Waals surface area contributed by atoms with Crippen molar-refractivity contribution in [3.8, 4) is 0 Å². The fraction of sp³-hybridized carbons (Fsp3) is 0.333. The third-order valence-electron chi connectivity index (χ3n) is 3.36. The van der Waals surface area contributed by atoms with Gasteiger partial charge in [-0.2, -0.15) is 17.6 Å². The van der Waals surface area contributed by atoms with Crippen molar-refractivity contribution in [1.29, 1.82) is 0 Å². The standard InChI is InChI=1S/C18H18BrF3N2OS2/c1-11-6-5-7-23-16(11)26-15-12(10-24-27(25)17(2,3)4)8-13(19)9-14(15)18(20,21)22/h5-10H,1-4H3. The highest BCUT2D eigenvalue weighted by Crippen LogP contribution is 2.42. The average Bonchev–Trinajstić information content (AvgIpc) is 2.54. The summed E-state index contributed by atoms with van der Waals surface area (Å²) in [6.07, 6.45) is -1.79. The molecule has 0 aliphatic rings. The summed E-state index contributed by atoms with van der Waals surface area (Å²) in [6, 6.07) is 6.06. The summed E-state index contributed by atoms with van der Waals surface area (Å²) in [5.74, 6) is 0. The van der Waals surface area contributed by atoms with Crippen molar-refractivity contribution in [3.63, 3.8) is 0 Å². The van der Waals surface area contributed by atoms with Gasteiger partial charge in [0, 0.05) is 27.3 Å². The average molecular weight is 479 g/mol. The summed E-state index contributed by atoms with van der Waals surface area (Å²) in [4.78, 5) is 4.15. The van der Waals surface area contributed by atoms with Crippen molar-refractivity contribution in [2.24, 2.45) is 4.40 Å². The largest absolute Gasteiger partial charge is 0.417 e. The van der Waals surface area contributed by atoms with Crippen molar-refractivity contribution < 1.29 is 17.4 Å². The monoisotopic (exact) mass is 478 g/mol. The second-order valence-electron chi connectivity index (χ2n) is 6.69. The number of aryl methyl sites for hydroxylation is 1. The van der Waals surface area contributed by atoms with Crippen molar-refractivity contribution in [3.05, 3.63) is 51.6 Å². The Kier molecular flexibility index (Phi) is 6.91. The Balaban J connectivity index is 2.61. The molecule has 0 amide bonds. The van der Waals surface area contributed by atoms with Gasteiger partial charge in [0.05, 0.1) is 10.3 Å². The molecule has 0 fully saturated rings. The Morgan fingerprint density at radius 3 is 2.48 bits per heavy atom. The normalized spacial score (nSPS) is 13.9. The molecule has 1 atom stereocenters. The summed E-state index contributed by atoms with van der Waals surface area (Å²) in [7, 11) is -1.58. The van der Waals surface area contributed by atoms with Crippen LogP contribution in [0.3, 0.4) is 0 Å². The van der Waals surface area contributed by atoms with E-state index in [1.807, 2.05) is 0 Å². The number of pyridine rings is 1. The van der Waals surface area contributed by atoms with E-state index in [1.165, 1.54) is 18.5 Å². The van der Waals surface area contributed by atoms with Crippen LogP contribution in [0.2, 0.25) is 0 Å². The first-order chi connectivity index (χ1) is 12.4. The van der Waals surface area contributed by atoms with Gasteiger partial charge >= 0.3 is 6.18 Å². The SMILES string of the molecule is Cc1cccnc1Sc1c(C=NS(=O)C(C)(C)C)cc(Br)cc1C(F)(F)F. The molecule has 0 saturated heterocycles. The maximum atomic E-state index is 13.6. The molecular weight excluding hydrogens is 461 g/mol. The molecule has 1 unspecified atom stereocenters. The molecule has 0 aliphatic carbocycles. The number of rotatable bonds is 4. The maximum absolute atomic E-state index is 13.6. The predicted molar refractivity (Wildman–Crippen MR) is 108 cm³/mol. The van der Waals surface area contributed by atoms with Crippen molar-refractivity contribution in [1.82, 2.24) is 4.98 Å². The maximum Gasteiger partial charge on any atom is 0.417 e. The topological polar surface area (TPSA) is 42.3 Å². The third kappa shape index (κ3) is 5.89. The Labute approximate surface area is 171 Å². The van der Waals surface area contributed by atoms with E-state index in [-0.39, 0.29) is 14.9 Å². The Morgan fingerprint density at radius 1 is 1.26 bits per heavy atom. The highest BCUT2D eigenvalue weighted by atomic mass is 79.9. The number of alkyl halides is 3. The number of halogens is 4. The fourth-order valence-electron chi connectivity index (χ4n) is 1.97. The molecule has 27 heavy (non-hydrogen) atoms. The van der Waals surface area contributed by atoms with E-state index in [4.69, 9.17) is 0 Å². The molecule has 0 bridgehead atoms. The van der Waals surface area contributed by atoms with Crippen LogP contribution in [0, 0.1) is 6.92 Å². The first kappa shape index (κ1) is 22.1. The molecule has 2 aromatic rings. The van der Waals surface area contributed by atoms with E-state index < -0.39 is 27.5 Å². The zero-order chi connectivity index (χ0) is 20.4. The lowest BCUT2D eigenvalue weighted by atomic mass is 10.1. The smallest absolute Gasteiger partial charge is 0.249 e. The molecule has 0 radical (unpaired) electrons. The first-order valence-electron chi connectivity index (χ1n) is 7.86.